The molecule has 0 aromatic carbocycles. The molecule has 1 nitrogen and oxygen atoms in total. The van der Waals surface area contributed by atoms with Gasteiger partial charge in [-0.2, -0.15) is 0 Å². The van der Waals surface area contributed by atoms with Crippen LogP contribution in [0.4, 0.5) is 0 Å². The largest absolute Gasteiger partial charge is 0.310 e. The minimum Gasteiger partial charge on any atom is -0.310 e. The first-order valence-corrected chi connectivity index (χ1v) is 5.29. The third-order valence-electron chi connectivity index (χ3n) is 2.42. The summed E-state index contributed by atoms with van der Waals surface area (Å²) in [5.74, 6) is 1.02. The van der Waals surface area contributed by atoms with Crippen LogP contribution in [-0.2, 0) is 0 Å². The van der Waals surface area contributed by atoms with Gasteiger partial charge in [-0.25, -0.2) is 0 Å². The normalized spacial score (nSPS) is 20.2. The molecule has 2 heteroatoms. The van der Waals surface area contributed by atoms with Gasteiger partial charge in [-0.1, -0.05) is 37.4 Å². The summed E-state index contributed by atoms with van der Waals surface area (Å²) in [7, 11) is 0. The SMILES string of the molecule is CCC(CC1CC1)NC/C=C/Cl. The van der Waals surface area contributed by atoms with Crippen molar-refractivity contribution >= 4 is 11.6 Å². The van der Waals surface area contributed by atoms with Gasteiger partial charge in [0.2, 0.25) is 0 Å². The second-order valence-electron chi connectivity index (χ2n) is 3.55. The Balaban J connectivity index is 2.06. The van der Waals surface area contributed by atoms with Crippen molar-refractivity contribution in [2.24, 2.45) is 5.92 Å². The lowest BCUT2D eigenvalue weighted by atomic mass is 10.1. The van der Waals surface area contributed by atoms with E-state index < -0.39 is 0 Å². The number of rotatable bonds is 6. The zero-order valence-electron chi connectivity index (χ0n) is 7.72. The van der Waals surface area contributed by atoms with Crippen LogP contribution >= 0.6 is 11.6 Å². The van der Waals surface area contributed by atoms with Gasteiger partial charge in [-0.3, -0.25) is 0 Å². The Labute approximate surface area is 80.2 Å². The lowest BCUT2D eigenvalue weighted by Gasteiger charge is -2.14. The van der Waals surface area contributed by atoms with Crippen molar-refractivity contribution in [3.63, 3.8) is 0 Å². The Kier molecular flexibility index (Phi) is 4.70. The van der Waals surface area contributed by atoms with Gasteiger partial charge in [0.1, 0.15) is 0 Å². The molecule has 1 N–H and O–H groups in total. The zero-order chi connectivity index (χ0) is 8.81. The molecule has 0 heterocycles. The van der Waals surface area contributed by atoms with Gasteiger partial charge in [0.15, 0.2) is 0 Å². The minimum atomic E-state index is 0.699. The monoisotopic (exact) mass is 187 g/mol. The van der Waals surface area contributed by atoms with E-state index in [2.05, 4.69) is 12.2 Å². The highest BCUT2D eigenvalue weighted by atomic mass is 35.5. The van der Waals surface area contributed by atoms with E-state index in [1.165, 1.54) is 25.7 Å². The van der Waals surface area contributed by atoms with Gasteiger partial charge in [0.25, 0.3) is 0 Å². The highest BCUT2D eigenvalue weighted by Crippen LogP contribution is 2.33. The highest BCUT2D eigenvalue weighted by molar-refractivity contribution is 6.25. The minimum absolute atomic E-state index is 0.699. The van der Waals surface area contributed by atoms with E-state index in [0.29, 0.717) is 6.04 Å². The summed E-state index contributed by atoms with van der Waals surface area (Å²) < 4.78 is 0. The Morgan fingerprint density at radius 1 is 1.58 bits per heavy atom. The summed E-state index contributed by atoms with van der Waals surface area (Å²) >= 11 is 5.43. The van der Waals surface area contributed by atoms with Crippen LogP contribution in [0.2, 0.25) is 0 Å². The van der Waals surface area contributed by atoms with Crippen molar-refractivity contribution in [2.45, 2.75) is 38.6 Å². The molecule has 70 valence electrons. The molecule has 0 radical (unpaired) electrons. The van der Waals surface area contributed by atoms with Crippen LogP contribution < -0.4 is 5.32 Å². The highest BCUT2D eigenvalue weighted by Gasteiger charge is 2.23. The van der Waals surface area contributed by atoms with Crippen molar-refractivity contribution in [1.29, 1.82) is 0 Å². The average Bonchev–Trinajstić information content (AvgIpc) is 2.87. The molecular weight excluding hydrogens is 170 g/mol. The van der Waals surface area contributed by atoms with Crippen molar-refractivity contribution in [3.05, 3.63) is 11.6 Å². The van der Waals surface area contributed by atoms with Crippen LogP contribution in [-0.4, -0.2) is 12.6 Å². The van der Waals surface area contributed by atoms with E-state index >= 15 is 0 Å². The lowest BCUT2D eigenvalue weighted by Crippen LogP contribution is -2.28. The van der Waals surface area contributed by atoms with E-state index in [1.54, 1.807) is 5.54 Å². The molecule has 12 heavy (non-hydrogen) atoms. The van der Waals surface area contributed by atoms with Gasteiger partial charge in [-0.15, -0.1) is 0 Å². The third kappa shape index (κ3) is 4.13. The van der Waals surface area contributed by atoms with Crippen molar-refractivity contribution in [3.8, 4) is 0 Å². The van der Waals surface area contributed by atoms with Crippen molar-refractivity contribution in [1.82, 2.24) is 5.32 Å². The van der Waals surface area contributed by atoms with Crippen LogP contribution in [0.5, 0.6) is 0 Å². The lowest BCUT2D eigenvalue weighted by molar-refractivity contribution is 0.465. The standard InChI is InChI=1S/C10H18ClN/c1-2-10(8-9-4-5-9)12-7-3-6-11/h3,6,9-10,12H,2,4-5,7-8H2,1H3/b6-3+. The molecule has 1 aliphatic carbocycles. The summed E-state index contributed by atoms with van der Waals surface area (Å²) in [6, 6.07) is 0.699. The molecule has 0 spiro atoms. The summed E-state index contributed by atoms with van der Waals surface area (Å²) in [6.07, 6.45) is 7.43. The van der Waals surface area contributed by atoms with Gasteiger partial charge >= 0.3 is 0 Å². The van der Waals surface area contributed by atoms with E-state index in [0.717, 1.165) is 12.5 Å². The number of hydrogen-bond acceptors (Lipinski definition) is 1. The summed E-state index contributed by atoms with van der Waals surface area (Å²) in [4.78, 5) is 0. The van der Waals surface area contributed by atoms with Crippen LogP contribution in [0.3, 0.4) is 0 Å². The first-order valence-electron chi connectivity index (χ1n) is 4.85. The average molecular weight is 188 g/mol. The van der Waals surface area contributed by atoms with E-state index in [1.807, 2.05) is 6.08 Å². The van der Waals surface area contributed by atoms with E-state index in [9.17, 15) is 0 Å². The van der Waals surface area contributed by atoms with Gasteiger partial charge < -0.3 is 5.32 Å². The van der Waals surface area contributed by atoms with E-state index in [-0.39, 0.29) is 0 Å². The molecule has 1 fully saturated rings. The van der Waals surface area contributed by atoms with Gasteiger partial charge in [-0.05, 0) is 18.8 Å². The molecule has 0 amide bonds. The molecule has 1 unspecified atom stereocenters. The van der Waals surface area contributed by atoms with E-state index in [4.69, 9.17) is 11.6 Å². The number of halogens is 1. The maximum Gasteiger partial charge on any atom is 0.0149 e. The molecule has 0 aromatic heterocycles. The zero-order valence-corrected chi connectivity index (χ0v) is 8.48. The number of hydrogen-bond donors (Lipinski definition) is 1. The smallest absolute Gasteiger partial charge is 0.0149 e. The molecule has 1 aliphatic rings. The predicted octanol–water partition coefficient (Wildman–Crippen LogP) is 2.91. The Morgan fingerprint density at radius 3 is 2.83 bits per heavy atom. The second-order valence-corrected chi connectivity index (χ2v) is 3.81. The maximum atomic E-state index is 5.43. The summed E-state index contributed by atoms with van der Waals surface area (Å²) in [5.41, 5.74) is 1.58. The Hall–Kier alpha value is -0.0100. The molecular formula is C10H18ClN. The fourth-order valence-electron chi connectivity index (χ4n) is 1.43. The molecule has 0 bridgehead atoms. The van der Waals surface area contributed by atoms with Gasteiger partial charge in [0.05, 0.1) is 0 Å². The summed E-state index contributed by atoms with van der Waals surface area (Å²) in [5, 5.41) is 3.47. The topological polar surface area (TPSA) is 12.0 Å². The Morgan fingerprint density at radius 2 is 2.33 bits per heavy atom. The quantitative estimate of drug-likeness (QED) is 0.675. The fourth-order valence-corrected chi connectivity index (χ4v) is 1.52. The van der Waals surface area contributed by atoms with Crippen molar-refractivity contribution in [2.75, 3.05) is 6.54 Å². The van der Waals surface area contributed by atoms with Crippen LogP contribution in [0, 0.1) is 5.92 Å². The molecule has 1 rings (SSSR count). The first-order chi connectivity index (χ1) is 5.86. The van der Waals surface area contributed by atoms with Crippen molar-refractivity contribution < 1.29 is 0 Å². The molecule has 0 saturated heterocycles. The summed E-state index contributed by atoms with van der Waals surface area (Å²) in [6.45, 7) is 3.15. The molecule has 0 aromatic rings. The molecule has 1 atom stereocenters. The Bertz CT molecular complexity index is 141. The first kappa shape index (κ1) is 10.1. The van der Waals surface area contributed by atoms with Crippen LogP contribution in [0.1, 0.15) is 32.6 Å². The number of nitrogens with one attached hydrogen (secondary N) is 1. The van der Waals surface area contributed by atoms with Gasteiger partial charge in [0, 0.05) is 18.1 Å². The molecule has 0 aliphatic heterocycles. The third-order valence-corrected chi connectivity index (χ3v) is 2.60. The molecule has 1 saturated carbocycles. The second kappa shape index (κ2) is 5.60. The van der Waals surface area contributed by atoms with Crippen LogP contribution in [0.15, 0.2) is 11.6 Å². The maximum absolute atomic E-state index is 5.43. The predicted molar refractivity (Wildman–Crippen MR) is 54.4 cm³/mol. The van der Waals surface area contributed by atoms with Crippen LogP contribution in [0.25, 0.3) is 0 Å². The fraction of sp³-hybridized carbons (Fsp3) is 0.800.